The van der Waals surface area contributed by atoms with Gasteiger partial charge in [0, 0.05) is 28.3 Å². The highest BCUT2D eigenvalue weighted by Gasteiger charge is 2.23. The maximum atomic E-state index is 12.1. The van der Waals surface area contributed by atoms with E-state index in [1.807, 2.05) is 13.0 Å². The van der Waals surface area contributed by atoms with Gasteiger partial charge in [0.25, 0.3) is 0 Å². The number of nitrogens with two attached hydrogens (primary N) is 1. The number of ketones is 1. The molecular weight excluding hydrogens is 494 g/mol. The molecule has 1 aliphatic rings. The van der Waals surface area contributed by atoms with E-state index >= 15 is 0 Å². The summed E-state index contributed by atoms with van der Waals surface area (Å²) < 4.78 is 0. The fraction of sp³-hybridized carbons (Fsp3) is 0.321. The number of aromatic hydroxyl groups is 2. The SMILES string of the molecule is CCC(=O)c1ccc2c(c1)N(CCCN(C)C)c1ccccc1S2.Cl.NCCc1ccc(O)c(O)c1. The van der Waals surface area contributed by atoms with Crippen LogP contribution in [0.25, 0.3) is 0 Å². The number of Topliss-reactive ketones (excluding diaryl/α,β-unsaturated/α-hetero) is 1. The minimum Gasteiger partial charge on any atom is -0.504 e. The van der Waals surface area contributed by atoms with E-state index in [4.69, 9.17) is 15.9 Å². The van der Waals surface area contributed by atoms with Crippen LogP contribution in [0.15, 0.2) is 70.5 Å². The van der Waals surface area contributed by atoms with E-state index in [0.29, 0.717) is 19.4 Å². The van der Waals surface area contributed by atoms with Gasteiger partial charge >= 0.3 is 0 Å². The summed E-state index contributed by atoms with van der Waals surface area (Å²) >= 11 is 1.79. The molecule has 0 aliphatic carbocycles. The number of carbonyl (C=O) groups excluding carboxylic acids is 1. The number of hydrogen-bond acceptors (Lipinski definition) is 7. The van der Waals surface area contributed by atoms with Crippen molar-refractivity contribution in [3.8, 4) is 11.5 Å². The number of carbonyl (C=O) groups is 1. The Hall–Kier alpha value is -2.71. The Labute approximate surface area is 224 Å². The van der Waals surface area contributed by atoms with E-state index in [0.717, 1.165) is 36.3 Å². The summed E-state index contributed by atoms with van der Waals surface area (Å²) in [5.41, 5.74) is 9.46. The zero-order chi connectivity index (χ0) is 25.4. The molecule has 8 heteroatoms. The van der Waals surface area contributed by atoms with Crippen molar-refractivity contribution in [2.75, 3.05) is 38.6 Å². The van der Waals surface area contributed by atoms with Crippen LogP contribution in [0.3, 0.4) is 0 Å². The highest BCUT2D eigenvalue weighted by Crippen LogP contribution is 2.48. The van der Waals surface area contributed by atoms with Crippen molar-refractivity contribution in [2.45, 2.75) is 36.0 Å². The number of benzene rings is 3. The van der Waals surface area contributed by atoms with Gasteiger partial charge in [0.05, 0.1) is 11.4 Å². The fourth-order valence-electron chi connectivity index (χ4n) is 3.88. The standard InChI is InChI=1S/C20H24N2OS.C8H11NO2.ClH/c1-4-18(23)15-10-11-20-17(14-15)22(13-7-12-21(2)3)16-8-5-6-9-19(16)24-20;9-4-3-6-1-2-7(10)8(11)5-6;/h5-6,8-11,14H,4,7,12-13H2,1-3H3;1-2,5,10-11H,3-4,9H2;1H. The Kier molecular flexibility index (Phi) is 11.6. The number of rotatable bonds is 8. The van der Waals surface area contributed by atoms with Gasteiger partial charge in [-0.25, -0.2) is 0 Å². The molecule has 1 aliphatic heterocycles. The second-order valence-electron chi connectivity index (χ2n) is 8.70. The molecule has 4 rings (SSSR count). The largest absolute Gasteiger partial charge is 0.504 e. The van der Waals surface area contributed by atoms with Gasteiger partial charge in [0.15, 0.2) is 17.3 Å². The number of hydrogen-bond donors (Lipinski definition) is 3. The monoisotopic (exact) mass is 529 g/mol. The first kappa shape index (κ1) is 29.5. The maximum Gasteiger partial charge on any atom is 0.162 e. The highest BCUT2D eigenvalue weighted by molar-refractivity contribution is 7.99. The second-order valence-corrected chi connectivity index (χ2v) is 9.78. The number of halogens is 1. The number of para-hydroxylation sites is 1. The van der Waals surface area contributed by atoms with Crippen LogP contribution in [0.4, 0.5) is 11.4 Å². The molecule has 3 aromatic rings. The number of anilines is 2. The summed E-state index contributed by atoms with van der Waals surface area (Å²) in [5, 5.41) is 18.0. The van der Waals surface area contributed by atoms with Crippen molar-refractivity contribution < 1.29 is 15.0 Å². The third-order valence-electron chi connectivity index (χ3n) is 5.73. The molecule has 1 heterocycles. The lowest BCUT2D eigenvalue weighted by Gasteiger charge is -2.33. The number of nitrogens with zero attached hydrogens (tertiary/aromatic N) is 2. The third kappa shape index (κ3) is 7.64. The van der Waals surface area contributed by atoms with Gasteiger partial charge < -0.3 is 25.7 Å². The smallest absolute Gasteiger partial charge is 0.162 e. The topological polar surface area (TPSA) is 90.0 Å². The summed E-state index contributed by atoms with van der Waals surface area (Å²) in [4.78, 5) is 19.2. The van der Waals surface area contributed by atoms with Crippen LogP contribution in [-0.4, -0.2) is 54.6 Å². The van der Waals surface area contributed by atoms with E-state index in [1.165, 1.54) is 27.6 Å². The minimum absolute atomic E-state index is 0. The molecular formula is C28H36ClN3O3S. The van der Waals surface area contributed by atoms with Crippen LogP contribution < -0.4 is 10.6 Å². The van der Waals surface area contributed by atoms with E-state index in [9.17, 15) is 4.79 Å². The molecule has 0 spiro atoms. The molecule has 0 saturated carbocycles. The Morgan fingerprint density at radius 2 is 1.69 bits per heavy atom. The summed E-state index contributed by atoms with van der Waals surface area (Å²) in [6, 6.07) is 19.4. The van der Waals surface area contributed by atoms with Crippen LogP contribution in [0.5, 0.6) is 11.5 Å². The lowest BCUT2D eigenvalue weighted by Crippen LogP contribution is -2.25. The van der Waals surface area contributed by atoms with Crippen LogP contribution in [0.2, 0.25) is 0 Å². The molecule has 0 saturated heterocycles. The van der Waals surface area contributed by atoms with Gasteiger partial charge in [0.2, 0.25) is 0 Å². The average Bonchev–Trinajstić information content (AvgIpc) is 2.85. The number of fused-ring (bicyclic) bond motifs is 2. The molecule has 0 unspecified atom stereocenters. The molecule has 0 aromatic heterocycles. The normalized spacial score (nSPS) is 11.6. The maximum absolute atomic E-state index is 12.1. The predicted molar refractivity (Wildman–Crippen MR) is 152 cm³/mol. The van der Waals surface area contributed by atoms with Gasteiger partial charge in [-0.05, 0) is 82.0 Å². The van der Waals surface area contributed by atoms with E-state index in [1.54, 1.807) is 17.8 Å². The number of phenolic OH excluding ortho intramolecular Hbond substituents is 2. The van der Waals surface area contributed by atoms with Crippen LogP contribution in [0.1, 0.15) is 35.7 Å². The van der Waals surface area contributed by atoms with Gasteiger partial charge in [-0.15, -0.1) is 12.4 Å². The summed E-state index contributed by atoms with van der Waals surface area (Å²) in [5.74, 6) is 0.0246. The van der Waals surface area contributed by atoms with Crippen molar-refractivity contribution in [3.63, 3.8) is 0 Å². The average molecular weight is 530 g/mol. The molecule has 0 fully saturated rings. The zero-order valence-corrected chi connectivity index (χ0v) is 22.7. The first-order valence-corrected chi connectivity index (χ1v) is 12.7. The van der Waals surface area contributed by atoms with Crippen molar-refractivity contribution >= 4 is 41.3 Å². The second kappa shape index (κ2) is 14.1. The summed E-state index contributed by atoms with van der Waals surface area (Å²) in [6.45, 7) is 4.46. The molecule has 36 heavy (non-hydrogen) atoms. The quantitative estimate of drug-likeness (QED) is 0.249. The molecule has 0 bridgehead atoms. The molecule has 0 radical (unpaired) electrons. The summed E-state index contributed by atoms with van der Waals surface area (Å²) in [6.07, 6.45) is 2.34. The van der Waals surface area contributed by atoms with Gasteiger partial charge in [-0.3, -0.25) is 4.79 Å². The highest BCUT2D eigenvalue weighted by atomic mass is 35.5. The summed E-state index contributed by atoms with van der Waals surface area (Å²) in [7, 11) is 4.21. The van der Waals surface area contributed by atoms with Crippen molar-refractivity contribution in [2.24, 2.45) is 5.73 Å². The van der Waals surface area contributed by atoms with Crippen molar-refractivity contribution in [3.05, 3.63) is 71.8 Å². The predicted octanol–water partition coefficient (Wildman–Crippen LogP) is 5.85. The number of phenols is 2. The first-order chi connectivity index (χ1) is 16.8. The minimum atomic E-state index is -0.0919. The van der Waals surface area contributed by atoms with E-state index < -0.39 is 0 Å². The molecule has 4 N–H and O–H groups in total. The van der Waals surface area contributed by atoms with Gasteiger partial charge in [0.1, 0.15) is 0 Å². The lowest BCUT2D eigenvalue weighted by molar-refractivity contribution is 0.0988. The van der Waals surface area contributed by atoms with E-state index in [2.05, 4.69) is 60.3 Å². The van der Waals surface area contributed by atoms with Crippen molar-refractivity contribution in [1.82, 2.24) is 4.90 Å². The Morgan fingerprint density at radius 3 is 2.36 bits per heavy atom. The van der Waals surface area contributed by atoms with Crippen LogP contribution in [0, 0.1) is 0 Å². The zero-order valence-electron chi connectivity index (χ0n) is 21.1. The Balaban J connectivity index is 0.000000321. The Bertz CT molecular complexity index is 1160. The molecule has 3 aromatic carbocycles. The van der Waals surface area contributed by atoms with Gasteiger partial charge in [-0.2, -0.15) is 0 Å². The third-order valence-corrected chi connectivity index (χ3v) is 6.86. The molecule has 0 atom stereocenters. The molecule has 194 valence electrons. The van der Waals surface area contributed by atoms with Gasteiger partial charge in [-0.1, -0.05) is 43.0 Å². The van der Waals surface area contributed by atoms with Crippen LogP contribution >= 0.6 is 24.2 Å². The first-order valence-electron chi connectivity index (χ1n) is 11.9. The molecule has 0 amide bonds. The lowest BCUT2D eigenvalue weighted by atomic mass is 10.1. The molecule has 6 nitrogen and oxygen atoms in total. The van der Waals surface area contributed by atoms with Crippen molar-refractivity contribution in [1.29, 1.82) is 0 Å². The fourth-order valence-corrected chi connectivity index (χ4v) is 4.96. The van der Waals surface area contributed by atoms with E-state index in [-0.39, 0.29) is 29.7 Å². The van der Waals surface area contributed by atoms with Crippen LogP contribution in [-0.2, 0) is 6.42 Å². The Morgan fingerprint density at radius 1 is 0.972 bits per heavy atom.